The first kappa shape index (κ1) is 20.7. The van der Waals surface area contributed by atoms with Crippen LogP contribution in [0.2, 0.25) is 5.02 Å². The summed E-state index contributed by atoms with van der Waals surface area (Å²) in [6.07, 6.45) is -0.681. The predicted octanol–water partition coefficient (Wildman–Crippen LogP) is 4.66. The zero-order valence-electron chi connectivity index (χ0n) is 15.8. The number of nitrogens with one attached hydrogen (secondary N) is 1. The average Bonchev–Trinajstić information content (AvgIpc) is 3.40. The van der Waals surface area contributed by atoms with E-state index in [0.29, 0.717) is 10.2 Å². The molecule has 158 valence electrons. The number of para-hydroxylation sites is 1. The van der Waals surface area contributed by atoms with Gasteiger partial charge < -0.3 is 5.32 Å². The van der Waals surface area contributed by atoms with Crippen molar-refractivity contribution in [3.8, 4) is 11.4 Å². The van der Waals surface area contributed by atoms with E-state index in [1.807, 2.05) is 30.3 Å². The second kappa shape index (κ2) is 8.27. The largest absolute Gasteiger partial charge is 0.434 e. The highest BCUT2D eigenvalue weighted by atomic mass is 35.5. The number of alkyl halides is 3. The molecule has 10 heteroatoms. The van der Waals surface area contributed by atoms with Crippen molar-refractivity contribution in [2.75, 3.05) is 0 Å². The molecule has 2 aromatic carbocycles. The van der Waals surface area contributed by atoms with E-state index in [1.165, 1.54) is 30.5 Å². The molecule has 6 nitrogen and oxygen atoms in total. The summed E-state index contributed by atoms with van der Waals surface area (Å²) in [4.78, 5) is 12.6. The molecule has 0 unspecified atom stereocenters. The maximum Gasteiger partial charge on any atom is 0.434 e. The Hall–Kier alpha value is -3.59. The van der Waals surface area contributed by atoms with Gasteiger partial charge in [-0.2, -0.15) is 23.4 Å². The summed E-state index contributed by atoms with van der Waals surface area (Å²) in [5.41, 5.74) is -0.201. The van der Waals surface area contributed by atoms with Crippen molar-refractivity contribution in [1.29, 1.82) is 0 Å². The number of aromatic nitrogens is 4. The standard InChI is InChI=1S/C21H15ClF3N5O/c22-15-5-4-8-17(9-15)30-19(21(23,24)25)18(12-28-30)20(31)26-10-14-11-27-29(13-14)16-6-2-1-3-7-16/h1-9,11-13H,10H2,(H,26,31). The summed E-state index contributed by atoms with van der Waals surface area (Å²) in [6, 6.07) is 15.1. The van der Waals surface area contributed by atoms with Crippen molar-refractivity contribution >= 4 is 17.5 Å². The van der Waals surface area contributed by atoms with Crippen molar-refractivity contribution < 1.29 is 18.0 Å². The molecule has 4 rings (SSSR count). The second-order valence-corrected chi connectivity index (χ2v) is 7.04. The van der Waals surface area contributed by atoms with Crippen LogP contribution in [0.15, 0.2) is 73.2 Å². The Morgan fingerprint density at radius 3 is 2.45 bits per heavy atom. The van der Waals surface area contributed by atoms with Gasteiger partial charge in [0.2, 0.25) is 0 Å². The summed E-state index contributed by atoms with van der Waals surface area (Å²) in [7, 11) is 0. The Morgan fingerprint density at radius 1 is 1.00 bits per heavy atom. The average molecular weight is 446 g/mol. The van der Waals surface area contributed by atoms with Gasteiger partial charge in [-0.15, -0.1) is 0 Å². The van der Waals surface area contributed by atoms with Gasteiger partial charge in [-0.05, 0) is 30.3 Å². The third-order valence-electron chi connectivity index (χ3n) is 4.45. The first-order valence-corrected chi connectivity index (χ1v) is 9.49. The summed E-state index contributed by atoms with van der Waals surface area (Å²) in [6.45, 7) is 0.00527. The number of benzene rings is 2. The van der Waals surface area contributed by atoms with Gasteiger partial charge in [0.25, 0.3) is 5.91 Å². The molecule has 0 saturated carbocycles. The van der Waals surface area contributed by atoms with E-state index < -0.39 is 23.3 Å². The number of carbonyl (C=O) groups is 1. The summed E-state index contributed by atoms with van der Waals surface area (Å²) in [5.74, 6) is -0.895. The minimum absolute atomic E-state index is 0.00527. The Balaban J connectivity index is 1.56. The van der Waals surface area contributed by atoms with E-state index in [-0.39, 0.29) is 17.3 Å². The fourth-order valence-corrected chi connectivity index (χ4v) is 3.23. The second-order valence-electron chi connectivity index (χ2n) is 6.61. The molecule has 0 aliphatic heterocycles. The van der Waals surface area contributed by atoms with Gasteiger partial charge in [0, 0.05) is 23.3 Å². The van der Waals surface area contributed by atoms with E-state index >= 15 is 0 Å². The highest BCUT2D eigenvalue weighted by Crippen LogP contribution is 2.34. The number of halogens is 4. The van der Waals surface area contributed by atoms with Crippen LogP contribution in [0.25, 0.3) is 11.4 Å². The zero-order valence-corrected chi connectivity index (χ0v) is 16.6. The highest BCUT2D eigenvalue weighted by molar-refractivity contribution is 6.30. The lowest BCUT2D eigenvalue weighted by molar-refractivity contribution is -0.143. The van der Waals surface area contributed by atoms with E-state index in [1.54, 1.807) is 10.9 Å². The molecule has 0 spiro atoms. The molecule has 0 bridgehead atoms. The Kier molecular flexibility index (Phi) is 5.51. The van der Waals surface area contributed by atoms with Crippen molar-refractivity contribution in [2.24, 2.45) is 0 Å². The minimum atomic E-state index is -4.80. The van der Waals surface area contributed by atoms with Crippen molar-refractivity contribution in [3.63, 3.8) is 0 Å². The molecule has 0 atom stereocenters. The summed E-state index contributed by atoms with van der Waals surface area (Å²) in [5, 5.41) is 10.7. The van der Waals surface area contributed by atoms with E-state index in [2.05, 4.69) is 15.5 Å². The van der Waals surface area contributed by atoms with Crippen molar-refractivity contribution in [2.45, 2.75) is 12.7 Å². The quantitative estimate of drug-likeness (QED) is 0.486. The third-order valence-corrected chi connectivity index (χ3v) is 4.68. The molecule has 2 heterocycles. The fourth-order valence-electron chi connectivity index (χ4n) is 3.04. The van der Waals surface area contributed by atoms with Crippen LogP contribution in [-0.4, -0.2) is 25.5 Å². The number of amides is 1. The van der Waals surface area contributed by atoms with Crippen LogP contribution in [0.3, 0.4) is 0 Å². The zero-order chi connectivity index (χ0) is 22.0. The molecular formula is C21H15ClF3N5O. The molecule has 1 amide bonds. The number of rotatable bonds is 5. The Bertz CT molecular complexity index is 1220. The topological polar surface area (TPSA) is 64.7 Å². The van der Waals surface area contributed by atoms with Crippen molar-refractivity contribution in [1.82, 2.24) is 24.9 Å². The van der Waals surface area contributed by atoms with E-state index in [9.17, 15) is 18.0 Å². The lowest BCUT2D eigenvalue weighted by Crippen LogP contribution is -2.26. The van der Waals surface area contributed by atoms with Crippen LogP contribution in [0, 0.1) is 0 Å². The number of carbonyl (C=O) groups excluding carboxylic acids is 1. The molecule has 4 aromatic rings. The van der Waals surface area contributed by atoms with Gasteiger partial charge >= 0.3 is 6.18 Å². The predicted molar refractivity (Wildman–Crippen MR) is 108 cm³/mol. The third kappa shape index (κ3) is 4.46. The molecule has 0 saturated heterocycles. The molecule has 2 aromatic heterocycles. The van der Waals surface area contributed by atoms with Gasteiger partial charge in [-0.1, -0.05) is 35.9 Å². The maximum atomic E-state index is 13.8. The van der Waals surface area contributed by atoms with Crippen LogP contribution >= 0.6 is 11.6 Å². The molecule has 0 aliphatic rings. The first-order chi connectivity index (χ1) is 14.8. The highest BCUT2D eigenvalue weighted by Gasteiger charge is 2.40. The lowest BCUT2D eigenvalue weighted by atomic mass is 10.2. The monoisotopic (exact) mass is 445 g/mol. The molecular weight excluding hydrogens is 431 g/mol. The number of hydrogen-bond acceptors (Lipinski definition) is 3. The summed E-state index contributed by atoms with van der Waals surface area (Å²) >= 11 is 5.88. The SMILES string of the molecule is O=C(NCc1cnn(-c2ccccc2)c1)c1cnn(-c2cccc(Cl)c2)c1C(F)(F)F. The Labute approximate surface area is 179 Å². The van der Waals surface area contributed by atoms with Crippen LogP contribution in [0.5, 0.6) is 0 Å². The van der Waals surface area contributed by atoms with Gasteiger partial charge in [-0.3, -0.25) is 4.79 Å². The number of hydrogen-bond donors (Lipinski definition) is 1. The van der Waals surface area contributed by atoms with Crippen LogP contribution in [-0.2, 0) is 12.7 Å². The molecule has 1 N–H and O–H groups in total. The Morgan fingerprint density at radius 2 is 1.74 bits per heavy atom. The van der Waals surface area contributed by atoms with Crippen LogP contribution in [0.4, 0.5) is 13.2 Å². The van der Waals surface area contributed by atoms with Gasteiger partial charge in [-0.25, -0.2) is 9.36 Å². The van der Waals surface area contributed by atoms with Gasteiger partial charge in [0.15, 0.2) is 5.69 Å². The van der Waals surface area contributed by atoms with Crippen LogP contribution < -0.4 is 5.32 Å². The molecule has 31 heavy (non-hydrogen) atoms. The smallest absolute Gasteiger partial charge is 0.348 e. The number of nitrogens with zero attached hydrogens (tertiary/aromatic N) is 4. The molecule has 0 fully saturated rings. The normalized spacial score (nSPS) is 11.5. The maximum absolute atomic E-state index is 13.8. The lowest BCUT2D eigenvalue weighted by Gasteiger charge is -2.13. The molecule has 0 aliphatic carbocycles. The van der Waals surface area contributed by atoms with Crippen LogP contribution in [0.1, 0.15) is 21.6 Å². The van der Waals surface area contributed by atoms with Crippen molar-refractivity contribution in [3.05, 3.63) is 95.0 Å². The fraction of sp³-hybridized carbons (Fsp3) is 0.0952. The molecule has 0 radical (unpaired) electrons. The summed E-state index contributed by atoms with van der Waals surface area (Å²) < 4.78 is 43.5. The van der Waals surface area contributed by atoms with E-state index in [4.69, 9.17) is 11.6 Å². The van der Waals surface area contributed by atoms with Gasteiger partial charge in [0.1, 0.15) is 0 Å². The first-order valence-electron chi connectivity index (χ1n) is 9.11. The minimum Gasteiger partial charge on any atom is -0.348 e. The van der Waals surface area contributed by atoms with E-state index in [0.717, 1.165) is 11.9 Å². The van der Waals surface area contributed by atoms with Gasteiger partial charge in [0.05, 0.1) is 29.3 Å².